The number of para-hydroxylation sites is 1. The van der Waals surface area contributed by atoms with E-state index in [1.807, 2.05) is 30.3 Å². The number of hydrogen-bond donors (Lipinski definition) is 4. The van der Waals surface area contributed by atoms with Crippen molar-refractivity contribution in [2.45, 2.75) is 0 Å². The van der Waals surface area contributed by atoms with E-state index >= 15 is 0 Å². The molecule has 108 valence electrons. The molecule has 0 aliphatic rings. The van der Waals surface area contributed by atoms with Crippen molar-refractivity contribution in [3.63, 3.8) is 0 Å². The molecule has 0 heterocycles. The van der Waals surface area contributed by atoms with Crippen molar-refractivity contribution in [1.82, 2.24) is 5.43 Å². The number of hydrazone groups is 1. The third kappa shape index (κ3) is 4.54. The number of amides is 1. The van der Waals surface area contributed by atoms with Crippen molar-refractivity contribution in [1.29, 1.82) is 0 Å². The van der Waals surface area contributed by atoms with Crippen LogP contribution in [-0.4, -0.2) is 28.9 Å². The van der Waals surface area contributed by atoms with Crippen LogP contribution in [0, 0.1) is 0 Å². The highest BCUT2D eigenvalue weighted by Crippen LogP contribution is 2.20. The van der Waals surface area contributed by atoms with Gasteiger partial charge >= 0.3 is 0 Å². The Bertz CT molecular complexity index is 642. The molecule has 2 rings (SSSR count). The molecule has 0 radical (unpaired) electrons. The Morgan fingerprint density at radius 2 is 1.90 bits per heavy atom. The Hall–Kier alpha value is -3.02. The van der Waals surface area contributed by atoms with Gasteiger partial charge in [0.2, 0.25) is 0 Å². The molecule has 0 aromatic heterocycles. The predicted molar refractivity (Wildman–Crippen MR) is 80.4 cm³/mol. The lowest BCUT2D eigenvalue weighted by Crippen LogP contribution is -2.25. The second-order valence-corrected chi connectivity index (χ2v) is 4.26. The summed E-state index contributed by atoms with van der Waals surface area (Å²) in [4.78, 5) is 11.6. The van der Waals surface area contributed by atoms with Gasteiger partial charge in [0.1, 0.15) is 11.5 Å². The third-order valence-corrected chi connectivity index (χ3v) is 2.63. The maximum absolute atomic E-state index is 11.6. The molecule has 0 atom stereocenters. The average molecular weight is 285 g/mol. The maximum Gasteiger partial charge on any atom is 0.259 e. The van der Waals surface area contributed by atoms with Crippen LogP contribution < -0.4 is 10.7 Å². The summed E-state index contributed by atoms with van der Waals surface area (Å²) >= 11 is 0. The van der Waals surface area contributed by atoms with Gasteiger partial charge in [0, 0.05) is 17.3 Å². The molecular weight excluding hydrogens is 270 g/mol. The summed E-state index contributed by atoms with van der Waals surface area (Å²) in [6.07, 6.45) is 1.30. The Morgan fingerprint density at radius 3 is 2.62 bits per heavy atom. The molecule has 1 amide bonds. The van der Waals surface area contributed by atoms with E-state index in [0.717, 1.165) is 5.69 Å². The molecular formula is C15H15N3O3. The fourth-order valence-corrected chi connectivity index (χ4v) is 1.59. The van der Waals surface area contributed by atoms with Gasteiger partial charge in [-0.1, -0.05) is 18.2 Å². The Labute approximate surface area is 121 Å². The minimum absolute atomic E-state index is 0.0410. The molecule has 21 heavy (non-hydrogen) atoms. The molecule has 0 aliphatic heterocycles. The predicted octanol–water partition coefficient (Wildman–Crippen LogP) is 1.66. The fraction of sp³-hybridized carbons (Fsp3) is 0.0667. The number of nitrogens with zero attached hydrogens (tertiary/aromatic N) is 1. The van der Waals surface area contributed by atoms with E-state index < -0.39 is 0 Å². The van der Waals surface area contributed by atoms with Crippen molar-refractivity contribution in [2.75, 3.05) is 11.9 Å². The van der Waals surface area contributed by atoms with Gasteiger partial charge in [-0.15, -0.1) is 0 Å². The quantitative estimate of drug-likeness (QED) is 0.496. The highest BCUT2D eigenvalue weighted by Gasteiger charge is 2.01. The second kappa shape index (κ2) is 6.95. The van der Waals surface area contributed by atoms with E-state index in [-0.39, 0.29) is 24.0 Å². The van der Waals surface area contributed by atoms with E-state index in [9.17, 15) is 9.90 Å². The molecule has 0 fully saturated rings. The van der Waals surface area contributed by atoms with Crippen molar-refractivity contribution in [2.24, 2.45) is 5.10 Å². The molecule has 0 saturated heterocycles. The van der Waals surface area contributed by atoms with E-state index in [1.54, 1.807) is 0 Å². The average Bonchev–Trinajstić information content (AvgIpc) is 2.48. The summed E-state index contributed by atoms with van der Waals surface area (Å²) in [5.74, 6) is -0.468. The van der Waals surface area contributed by atoms with E-state index in [1.165, 1.54) is 24.4 Å². The summed E-state index contributed by atoms with van der Waals surface area (Å²) in [7, 11) is 0. The first-order valence-corrected chi connectivity index (χ1v) is 6.28. The fourth-order valence-electron chi connectivity index (χ4n) is 1.59. The zero-order valence-electron chi connectivity index (χ0n) is 11.2. The highest BCUT2D eigenvalue weighted by molar-refractivity contribution is 5.86. The van der Waals surface area contributed by atoms with Crippen LogP contribution in [-0.2, 0) is 4.79 Å². The van der Waals surface area contributed by atoms with E-state index in [2.05, 4.69) is 15.8 Å². The topological polar surface area (TPSA) is 94.0 Å². The van der Waals surface area contributed by atoms with Gasteiger partial charge in [0.05, 0.1) is 12.8 Å². The van der Waals surface area contributed by atoms with Crippen LogP contribution in [0.3, 0.4) is 0 Å². The first-order chi connectivity index (χ1) is 10.1. The number of benzene rings is 2. The molecule has 6 nitrogen and oxygen atoms in total. The summed E-state index contributed by atoms with van der Waals surface area (Å²) in [5.41, 5.74) is 3.57. The molecule has 0 unspecified atom stereocenters. The number of carbonyl (C=O) groups excluding carboxylic acids is 1. The number of phenolic OH excluding ortho intramolecular Hbond substituents is 2. The normalized spacial score (nSPS) is 10.5. The minimum Gasteiger partial charge on any atom is -0.508 e. The van der Waals surface area contributed by atoms with Gasteiger partial charge in [0.15, 0.2) is 0 Å². The van der Waals surface area contributed by atoms with Gasteiger partial charge in [-0.2, -0.15) is 5.10 Å². The van der Waals surface area contributed by atoms with Gasteiger partial charge in [-0.25, -0.2) is 5.43 Å². The van der Waals surface area contributed by atoms with Crippen LogP contribution in [0.5, 0.6) is 11.5 Å². The lowest BCUT2D eigenvalue weighted by atomic mass is 10.2. The SMILES string of the molecule is O=C(CNc1ccccc1)NN=Cc1ccc(O)cc1O. The van der Waals surface area contributed by atoms with E-state index in [0.29, 0.717) is 5.56 Å². The van der Waals surface area contributed by atoms with Gasteiger partial charge in [0.25, 0.3) is 5.91 Å². The standard InChI is InChI=1S/C15H15N3O3/c19-13-7-6-11(14(20)8-13)9-17-18-15(21)10-16-12-4-2-1-3-5-12/h1-9,16,19-20H,10H2,(H,18,21). The first-order valence-electron chi connectivity index (χ1n) is 6.28. The van der Waals surface area contributed by atoms with Crippen molar-refractivity contribution >= 4 is 17.8 Å². The molecule has 0 spiro atoms. The van der Waals surface area contributed by atoms with Gasteiger partial charge in [-0.3, -0.25) is 4.79 Å². The molecule has 2 aromatic rings. The maximum atomic E-state index is 11.6. The molecule has 4 N–H and O–H groups in total. The largest absolute Gasteiger partial charge is 0.508 e. The number of hydrogen-bond acceptors (Lipinski definition) is 5. The van der Waals surface area contributed by atoms with E-state index in [4.69, 9.17) is 5.11 Å². The summed E-state index contributed by atoms with van der Waals surface area (Å²) < 4.78 is 0. The number of carbonyl (C=O) groups is 1. The number of aromatic hydroxyl groups is 2. The zero-order valence-corrected chi connectivity index (χ0v) is 11.2. The number of phenols is 2. The summed E-state index contributed by atoms with van der Waals surface area (Å²) in [6.45, 7) is 0.0862. The van der Waals surface area contributed by atoms with Crippen LogP contribution >= 0.6 is 0 Å². The minimum atomic E-state index is -0.312. The lowest BCUT2D eigenvalue weighted by molar-refractivity contribution is -0.119. The lowest BCUT2D eigenvalue weighted by Gasteiger charge is -2.04. The Morgan fingerprint density at radius 1 is 1.14 bits per heavy atom. The monoisotopic (exact) mass is 285 g/mol. The smallest absolute Gasteiger partial charge is 0.259 e. The van der Waals surface area contributed by atoms with Crippen LogP contribution in [0.25, 0.3) is 0 Å². The third-order valence-electron chi connectivity index (χ3n) is 2.63. The van der Waals surface area contributed by atoms with Crippen molar-refractivity contribution < 1.29 is 15.0 Å². The number of anilines is 1. The molecule has 0 aliphatic carbocycles. The summed E-state index contributed by atoms with van der Waals surface area (Å²) in [6, 6.07) is 13.4. The number of rotatable bonds is 5. The molecule has 0 bridgehead atoms. The Kier molecular flexibility index (Phi) is 4.76. The van der Waals surface area contributed by atoms with Crippen LogP contribution in [0.4, 0.5) is 5.69 Å². The second-order valence-electron chi connectivity index (χ2n) is 4.26. The number of nitrogens with one attached hydrogen (secondary N) is 2. The van der Waals surface area contributed by atoms with Gasteiger partial charge in [-0.05, 0) is 24.3 Å². The van der Waals surface area contributed by atoms with Crippen LogP contribution in [0.15, 0.2) is 53.6 Å². The van der Waals surface area contributed by atoms with Crippen LogP contribution in [0.2, 0.25) is 0 Å². The molecule has 6 heteroatoms. The molecule has 0 saturated carbocycles. The first kappa shape index (κ1) is 14.4. The van der Waals surface area contributed by atoms with Crippen LogP contribution in [0.1, 0.15) is 5.56 Å². The zero-order chi connectivity index (χ0) is 15.1. The summed E-state index contributed by atoms with van der Waals surface area (Å²) in [5, 5.41) is 25.4. The highest BCUT2D eigenvalue weighted by atomic mass is 16.3. The Balaban J connectivity index is 1.82. The van der Waals surface area contributed by atoms with Crippen molar-refractivity contribution in [3.05, 3.63) is 54.1 Å². The molecule has 2 aromatic carbocycles. The van der Waals surface area contributed by atoms with Gasteiger partial charge < -0.3 is 15.5 Å². The van der Waals surface area contributed by atoms with Crippen molar-refractivity contribution in [3.8, 4) is 11.5 Å².